The molecule has 0 aromatic heterocycles. The Morgan fingerprint density at radius 2 is 1.42 bits per heavy atom. The van der Waals surface area contributed by atoms with Crippen LogP contribution in [0.1, 0.15) is 33.1 Å². The molecule has 178 valence electrons. The summed E-state index contributed by atoms with van der Waals surface area (Å²) < 4.78 is 0. The largest absolute Gasteiger partial charge is 0.480 e. The Morgan fingerprint density at radius 3 is 1.87 bits per heavy atom. The highest BCUT2D eigenvalue weighted by Gasteiger charge is 2.30. The van der Waals surface area contributed by atoms with Gasteiger partial charge in [-0.05, 0) is 30.8 Å². The Hall–Kier alpha value is -2.38. The summed E-state index contributed by atoms with van der Waals surface area (Å²) in [6, 6.07) is -4.80. The highest BCUT2D eigenvalue weighted by molar-refractivity contribution is 7.98. The average Bonchev–Trinajstić information content (AvgIpc) is 2.70. The van der Waals surface area contributed by atoms with Gasteiger partial charge in [0.05, 0.1) is 12.6 Å². The maximum Gasteiger partial charge on any atom is 0.326 e. The van der Waals surface area contributed by atoms with Crippen LogP contribution in [0.25, 0.3) is 0 Å². The molecule has 0 fully saturated rings. The average molecular weight is 464 g/mol. The molecule has 0 aliphatic carbocycles. The van der Waals surface area contributed by atoms with E-state index in [4.69, 9.17) is 11.5 Å². The monoisotopic (exact) mass is 463 g/mol. The van der Waals surface area contributed by atoms with Gasteiger partial charge < -0.3 is 37.6 Å². The maximum absolute atomic E-state index is 12.6. The molecule has 31 heavy (non-hydrogen) atoms. The molecule has 0 heterocycles. The van der Waals surface area contributed by atoms with Crippen LogP contribution in [-0.4, -0.2) is 82.6 Å². The van der Waals surface area contributed by atoms with Crippen LogP contribution in [-0.2, 0) is 24.0 Å². The first-order chi connectivity index (χ1) is 14.4. The van der Waals surface area contributed by atoms with Gasteiger partial charge in [0.15, 0.2) is 0 Å². The SMILES string of the molecule is CSCCC(NC(=O)C(CCC(N)=O)NC(=O)C(CO)NC(=O)C(N)C(C)C)C(=O)O. The van der Waals surface area contributed by atoms with Gasteiger partial charge in [0, 0.05) is 6.42 Å². The smallest absolute Gasteiger partial charge is 0.326 e. The summed E-state index contributed by atoms with van der Waals surface area (Å²) in [4.78, 5) is 59.7. The summed E-state index contributed by atoms with van der Waals surface area (Å²) in [6.45, 7) is 2.65. The third-order valence-corrected chi connectivity index (χ3v) is 5.02. The van der Waals surface area contributed by atoms with Crippen LogP contribution in [0.4, 0.5) is 0 Å². The maximum atomic E-state index is 12.6. The number of aliphatic hydroxyl groups is 1. The zero-order valence-electron chi connectivity index (χ0n) is 17.9. The number of carboxylic acids is 1. The van der Waals surface area contributed by atoms with Crippen molar-refractivity contribution in [1.82, 2.24) is 16.0 Å². The van der Waals surface area contributed by atoms with E-state index in [0.717, 1.165) is 0 Å². The number of carbonyl (C=O) groups is 5. The number of nitrogens with one attached hydrogen (secondary N) is 3. The third-order valence-electron chi connectivity index (χ3n) is 4.37. The van der Waals surface area contributed by atoms with Crippen LogP contribution in [0, 0.1) is 5.92 Å². The molecule has 0 saturated carbocycles. The van der Waals surface area contributed by atoms with Crippen molar-refractivity contribution < 1.29 is 34.2 Å². The molecule has 13 heteroatoms. The van der Waals surface area contributed by atoms with Crippen molar-refractivity contribution in [3.63, 3.8) is 0 Å². The molecule has 0 radical (unpaired) electrons. The van der Waals surface area contributed by atoms with E-state index in [9.17, 15) is 34.2 Å². The highest BCUT2D eigenvalue weighted by atomic mass is 32.2. The van der Waals surface area contributed by atoms with Crippen molar-refractivity contribution in [3.8, 4) is 0 Å². The van der Waals surface area contributed by atoms with Gasteiger partial charge in [-0.25, -0.2) is 4.79 Å². The third kappa shape index (κ3) is 11.0. The first-order valence-electron chi connectivity index (χ1n) is 9.72. The molecule has 0 aromatic rings. The normalized spacial score (nSPS) is 14.8. The molecule has 0 aromatic carbocycles. The lowest BCUT2D eigenvalue weighted by Gasteiger charge is -2.24. The van der Waals surface area contributed by atoms with Crippen LogP contribution in [0.2, 0.25) is 0 Å². The Morgan fingerprint density at radius 1 is 0.903 bits per heavy atom. The Bertz CT molecular complexity index is 647. The minimum absolute atomic E-state index is 0.154. The Labute approximate surface area is 185 Å². The molecule has 0 saturated heterocycles. The number of thioether (sulfide) groups is 1. The number of amides is 4. The molecular weight excluding hydrogens is 430 g/mol. The molecule has 0 rings (SSSR count). The highest BCUT2D eigenvalue weighted by Crippen LogP contribution is 2.05. The number of hydrogen-bond donors (Lipinski definition) is 7. The fourth-order valence-corrected chi connectivity index (χ4v) is 2.83. The number of nitrogens with two attached hydrogens (primary N) is 2. The molecule has 0 aliphatic heterocycles. The van der Waals surface area contributed by atoms with Gasteiger partial charge >= 0.3 is 5.97 Å². The lowest BCUT2D eigenvalue weighted by Crippen LogP contribution is -2.58. The topological polar surface area (TPSA) is 214 Å². The van der Waals surface area contributed by atoms with Gasteiger partial charge in [-0.15, -0.1) is 0 Å². The van der Waals surface area contributed by atoms with E-state index in [2.05, 4.69) is 16.0 Å². The van der Waals surface area contributed by atoms with Gasteiger partial charge in [-0.3, -0.25) is 19.2 Å². The van der Waals surface area contributed by atoms with Gasteiger partial charge in [0.2, 0.25) is 23.6 Å². The van der Waals surface area contributed by atoms with Crippen LogP contribution in [0.5, 0.6) is 0 Å². The minimum atomic E-state index is -1.40. The van der Waals surface area contributed by atoms with Crippen LogP contribution in [0.15, 0.2) is 0 Å². The second-order valence-corrected chi connectivity index (χ2v) is 8.25. The molecular formula is C18H33N5O7S. The van der Waals surface area contributed by atoms with Gasteiger partial charge in [-0.2, -0.15) is 11.8 Å². The van der Waals surface area contributed by atoms with E-state index in [1.165, 1.54) is 11.8 Å². The van der Waals surface area contributed by atoms with Crippen molar-refractivity contribution in [2.45, 2.75) is 57.3 Å². The summed E-state index contributed by atoms with van der Waals surface area (Å²) in [6.07, 6.45) is 1.49. The molecule has 12 nitrogen and oxygen atoms in total. The Kier molecular flexibility index (Phi) is 13.5. The predicted molar refractivity (Wildman–Crippen MR) is 115 cm³/mol. The fraction of sp³-hybridized carbons (Fsp3) is 0.722. The van der Waals surface area contributed by atoms with Gasteiger partial charge in [0.1, 0.15) is 18.1 Å². The van der Waals surface area contributed by atoms with Crippen LogP contribution >= 0.6 is 11.8 Å². The number of carbonyl (C=O) groups excluding carboxylic acids is 4. The zero-order chi connectivity index (χ0) is 24.1. The summed E-state index contributed by atoms with van der Waals surface area (Å²) in [5.41, 5.74) is 10.8. The summed E-state index contributed by atoms with van der Waals surface area (Å²) in [7, 11) is 0. The second-order valence-electron chi connectivity index (χ2n) is 7.26. The second kappa shape index (κ2) is 14.6. The summed E-state index contributed by atoms with van der Waals surface area (Å²) >= 11 is 1.40. The number of aliphatic hydroxyl groups excluding tert-OH is 1. The molecule has 4 amide bonds. The quantitative estimate of drug-likeness (QED) is 0.137. The lowest BCUT2D eigenvalue weighted by molar-refractivity contribution is -0.142. The zero-order valence-corrected chi connectivity index (χ0v) is 18.7. The first-order valence-corrected chi connectivity index (χ1v) is 11.1. The van der Waals surface area contributed by atoms with Gasteiger partial charge in [-0.1, -0.05) is 13.8 Å². The van der Waals surface area contributed by atoms with E-state index < -0.39 is 60.4 Å². The number of primary amides is 1. The molecule has 0 bridgehead atoms. The number of hydrogen-bond acceptors (Lipinski definition) is 8. The van der Waals surface area contributed by atoms with Crippen molar-refractivity contribution in [2.75, 3.05) is 18.6 Å². The lowest BCUT2D eigenvalue weighted by atomic mass is 10.0. The molecule has 0 aliphatic rings. The molecule has 0 spiro atoms. The van der Waals surface area contributed by atoms with E-state index in [-0.39, 0.29) is 25.2 Å². The summed E-state index contributed by atoms with van der Waals surface area (Å²) in [5.74, 6) is -4.09. The molecule has 4 unspecified atom stereocenters. The van der Waals surface area contributed by atoms with E-state index >= 15 is 0 Å². The number of aliphatic carboxylic acids is 1. The summed E-state index contributed by atoms with van der Waals surface area (Å²) in [5, 5.41) is 25.7. The molecule has 9 N–H and O–H groups in total. The van der Waals surface area contributed by atoms with Gasteiger partial charge in [0.25, 0.3) is 0 Å². The standard InChI is InChI=1S/C18H33N5O7S/c1-9(2)14(20)17(28)23-12(8-24)16(27)21-10(4-5-13(19)25)15(26)22-11(18(29)30)6-7-31-3/h9-12,14,24H,4-8,20H2,1-3H3,(H2,19,25)(H,21,27)(H,22,26)(H,23,28)(H,29,30). The minimum Gasteiger partial charge on any atom is -0.480 e. The first kappa shape index (κ1) is 28.6. The van der Waals surface area contributed by atoms with Crippen molar-refractivity contribution in [3.05, 3.63) is 0 Å². The van der Waals surface area contributed by atoms with E-state index in [1.807, 2.05) is 0 Å². The van der Waals surface area contributed by atoms with Crippen molar-refractivity contribution in [2.24, 2.45) is 17.4 Å². The number of carboxylic acid groups (broad SMARTS) is 1. The molecule has 4 atom stereocenters. The Balaban J connectivity index is 5.31. The van der Waals surface area contributed by atoms with Crippen LogP contribution < -0.4 is 27.4 Å². The van der Waals surface area contributed by atoms with Crippen LogP contribution in [0.3, 0.4) is 0 Å². The fourth-order valence-electron chi connectivity index (χ4n) is 2.36. The van der Waals surface area contributed by atoms with Crippen molar-refractivity contribution in [1.29, 1.82) is 0 Å². The van der Waals surface area contributed by atoms with Crippen molar-refractivity contribution >= 4 is 41.4 Å². The predicted octanol–water partition coefficient (Wildman–Crippen LogP) is -2.48. The van der Waals surface area contributed by atoms with E-state index in [0.29, 0.717) is 5.75 Å². The van der Waals surface area contributed by atoms with E-state index in [1.54, 1.807) is 20.1 Å². The number of rotatable bonds is 15.